The quantitative estimate of drug-likeness (QED) is 0.296. The standard InChI is InChI=1S/C27H31N3O5S/c1-7-15-29-19(17-21-22(28)11-8-12-23(21)29)10-9-16-30(26(31)35-27(2,3)4)24-14-13-20(36(6,32)33)18-25(24)34-5/h7-8,11-14,17-18H,1,15-16,28H2,2-6H3. The summed E-state index contributed by atoms with van der Waals surface area (Å²) in [6, 6.07) is 11.9. The second kappa shape index (κ2) is 10.4. The Labute approximate surface area is 212 Å². The summed E-state index contributed by atoms with van der Waals surface area (Å²) in [6.07, 6.45) is 2.24. The zero-order valence-corrected chi connectivity index (χ0v) is 22.0. The summed E-state index contributed by atoms with van der Waals surface area (Å²) in [5, 5.41) is 0.880. The molecule has 0 aliphatic heterocycles. The lowest BCUT2D eigenvalue weighted by Crippen LogP contribution is -2.37. The highest BCUT2D eigenvalue weighted by Crippen LogP contribution is 2.32. The van der Waals surface area contributed by atoms with E-state index in [4.69, 9.17) is 15.2 Å². The van der Waals surface area contributed by atoms with Gasteiger partial charge in [-0.2, -0.15) is 0 Å². The number of allylic oxidation sites excluding steroid dienone is 1. The lowest BCUT2D eigenvalue weighted by molar-refractivity contribution is 0.0584. The number of amides is 1. The average Bonchev–Trinajstić information content (AvgIpc) is 3.13. The molecule has 0 radical (unpaired) electrons. The highest BCUT2D eigenvalue weighted by atomic mass is 32.2. The molecule has 0 fully saturated rings. The van der Waals surface area contributed by atoms with Crippen molar-refractivity contribution in [2.75, 3.05) is 30.5 Å². The van der Waals surface area contributed by atoms with E-state index < -0.39 is 21.5 Å². The number of nitrogen functional groups attached to an aromatic ring is 1. The Bertz CT molecular complexity index is 1470. The van der Waals surface area contributed by atoms with Gasteiger partial charge in [-0.05, 0) is 57.0 Å². The molecule has 2 aromatic carbocycles. The molecule has 190 valence electrons. The third-order valence-corrected chi connectivity index (χ3v) is 6.34. The Kier molecular flexibility index (Phi) is 7.70. The van der Waals surface area contributed by atoms with Crippen molar-refractivity contribution in [1.29, 1.82) is 0 Å². The molecule has 1 aromatic heterocycles. The number of carbonyl (C=O) groups is 1. The molecule has 9 heteroatoms. The summed E-state index contributed by atoms with van der Waals surface area (Å²) in [5.41, 5.74) is 8.02. The van der Waals surface area contributed by atoms with Gasteiger partial charge in [0.15, 0.2) is 9.84 Å². The Morgan fingerprint density at radius 1 is 1.22 bits per heavy atom. The largest absolute Gasteiger partial charge is 0.495 e. The van der Waals surface area contributed by atoms with E-state index in [1.807, 2.05) is 28.8 Å². The van der Waals surface area contributed by atoms with Gasteiger partial charge in [0.2, 0.25) is 0 Å². The number of hydrogen-bond acceptors (Lipinski definition) is 6. The van der Waals surface area contributed by atoms with E-state index in [0.717, 1.165) is 17.2 Å². The Hall–Kier alpha value is -3.90. The van der Waals surface area contributed by atoms with Crippen LogP contribution in [0.5, 0.6) is 5.75 Å². The van der Waals surface area contributed by atoms with Crippen molar-refractivity contribution in [2.24, 2.45) is 0 Å². The van der Waals surface area contributed by atoms with Gasteiger partial charge in [-0.3, -0.25) is 4.90 Å². The normalized spacial score (nSPS) is 11.5. The number of anilines is 2. The van der Waals surface area contributed by atoms with Gasteiger partial charge in [-0.25, -0.2) is 13.2 Å². The first-order valence-electron chi connectivity index (χ1n) is 11.2. The number of benzene rings is 2. The molecule has 0 atom stereocenters. The predicted molar refractivity (Wildman–Crippen MR) is 143 cm³/mol. The fourth-order valence-corrected chi connectivity index (χ4v) is 4.26. The third kappa shape index (κ3) is 6.01. The fourth-order valence-electron chi connectivity index (χ4n) is 3.62. The van der Waals surface area contributed by atoms with Crippen molar-refractivity contribution < 1.29 is 22.7 Å². The molecule has 0 bridgehead atoms. The lowest BCUT2D eigenvalue weighted by Gasteiger charge is -2.27. The van der Waals surface area contributed by atoms with Crippen LogP contribution in [0.3, 0.4) is 0 Å². The van der Waals surface area contributed by atoms with Crippen LogP contribution in [0.1, 0.15) is 26.5 Å². The molecule has 0 saturated heterocycles. The lowest BCUT2D eigenvalue weighted by atomic mass is 10.2. The number of aromatic nitrogens is 1. The zero-order valence-electron chi connectivity index (χ0n) is 21.2. The zero-order chi connectivity index (χ0) is 26.7. The highest BCUT2D eigenvalue weighted by Gasteiger charge is 2.26. The fraction of sp³-hybridized carbons (Fsp3) is 0.296. The van der Waals surface area contributed by atoms with Crippen LogP contribution in [0.15, 0.2) is 60.0 Å². The van der Waals surface area contributed by atoms with Crippen LogP contribution in [-0.2, 0) is 21.1 Å². The molecule has 3 aromatic rings. The van der Waals surface area contributed by atoms with E-state index in [0.29, 0.717) is 23.6 Å². The van der Waals surface area contributed by atoms with Crippen LogP contribution in [0.4, 0.5) is 16.2 Å². The van der Waals surface area contributed by atoms with Crippen molar-refractivity contribution >= 4 is 38.2 Å². The van der Waals surface area contributed by atoms with Crippen LogP contribution >= 0.6 is 0 Å². The van der Waals surface area contributed by atoms with Gasteiger partial charge in [0.05, 0.1) is 35.4 Å². The van der Waals surface area contributed by atoms with E-state index in [2.05, 4.69) is 18.4 Å². The van der Waals surface area contributed by atoms with Crippen LogP contribution in [0, 0.1) is 11.8 Å². The smallest absolute Gasteiger partial charge is 0.415 e. The molecular formula is C27H31N3O5S. The number of nitrogens with zero attached hydrogens (tertiary/aromatic N) is 2. The Balaban J connectivity index is 2.06. The van der Waals surface area contributed by atoms with Crippen molar-refractivity contribution in [3.05, 3.63) is 60.8 Å². The maximum absolute atomic E-state index is 13.1. The maximum atomic E-state index is 13.1. The second-order valence-electron chi connectivity index (χ2n) is 9.18. The van der Waals surface area contributed by atoms with Gasteiger partial charge >= 0.3 is 6.09 Å². The summed E-state index contributed by atoms with van der Waals surface area (Å²) in [4.78, 5) is 14.5. The van der Waals surface area contributed by atoms with Gasteiger partial charge < -0.3 is 19.8 Å². The third-order valence-electron chi connectivity index (χ3n) is 5.23. The van der Waals surface area contributed by atoms with E-state index >= 15 is 0 Å². The Morgan fingerprint density at radius 2 is 1.94 bits per heavy atom. The molecule has 8 nitrogen and oxygen atoms in total. The first kappa shape index (κ1) is 26.7. The van der Waals surface area contributed by atoms with Crippen LogP contribution in [0.2, 0.25) is 0 Å². The minimum atomic E-state index is -3.47. The topological polar surface area (TPSA) is 104 Å². The number of rotatable bonds is 6. The number of ether oxygens (including phenoxy) is 2. The first-order valence-corrected chi connectivity index (χ1v) is 13.1. The van der Waals surface area contributed by atoms with Crippen molar-refractivity contribution in [1.82, 2.24) is 4.57 Å². The number of sulfone groups is 1. The summed E-state index contributed by atoms with van der Waals surface area (Å²) in [5.74, 6) is 6.38. The number of hydrogen-bond donors (Lipinski definition) is 1. The summed E-state index contributed by atoms with van der Waals surface area (Å²) >= 11 is 0. The molecule has 0 aliphatic carbocycles. The molecule has 1 heterocycles. The SMILES string of the molecule is C=CCn1c(C#CCN(C(=O)OC(C)(C)C)c2ccc(S(C)(=O)=O)cc2OC)cc2c(N)cccc21. The van der Waals surface area contributed by atoms with Crippen molar-refractivity contribution in [2.45, 2.75) is 37.8 Å². The average molecular weight is 510 g/mol. The van der Waals surface area contributed by atoms with Crippen LogP contribution in [0.25, 0.3) is 10.9 Å². The Morgan fingerprint density at radius 3 is 2.56 bits per heavy atom. The van der Waals surface area contributed by atoms with Gasteiger partial charge in [0.1, 0.15) is 11.4 Å². The van der Waals surface area contributed by atoms with E-state index in [1.165, 1.54) is 30.2 Å². The van der Waals surface area contributed by atoms with Gasteiger partial charge in [0, 0.05) is 29.9 Å². The minimum absolute atomic E-state index is 0.0331. The molecule has 1 amide bonds. The molecule has 2 N–H and O–H groups in total. The molecule has 0 spiro atoms. The molecule has 36 heavy (non-hydrogen) atoms. The summed E-state index contributed by atoms with van der Waals surface area (Å²) < 4.78 is 37.0. The van der Waals surface area contributed by atoms with Gasteiger partial charge in [-0.1, -0.05) is 18.1 Å². The van der Waals surface area contributed by atoms with E-state index in [-0.39, 0.29) is 17.2 Å². The van der Waals surface area contributed by atoms with Gasteiger partial charge in [-0.15, -0.1) is 6.58 Å². The van der Waals surface area contributed by atoms with Crippen molar-refractivity contribution in [3.8, 4) is 17.6 Å². The molecule has 0 saturated carbocycles. The highest BCUT2D eigenvalue weighted by molar-refractivity contribution is 7.90. The number of fused-ring (bicyclic) bond motifs is 1. The van der Waals surface area contributed by atoms with Crippen LogP contribution < -0.4 is 15.4 Å². The number of methoxy groups -OCH3 is 1. The first-order chi connectivity index (χ1) is 16.9. The number of carbonyl (C=O) groups excluding carboxylic acids is 1. The number of nitrogens with two attached hydrogens (primary N) is 1. The van der Waals surface area contributed by atoms with Crippen LogP contribution in [-0.4, -0.2) is 44.6 Å². The molecule has 3 rings (SSSR count). The molecule has 0 unspecified atom stereocenters. The van der Waals surface area contributed by atoms with E-state index in [9.17, 15) is 13.2 Å². The van der Waals surface area contributed by atoms with E-state index in [1.54, 1.807) is 26.8 Å². The maximum Gasteiger partial charge on any atom is 0.415 e. The molecular weight excluding hydrogens is 478 g/mol. The predicted octanol–water partition coefficient (Wildman–Crippen LogP) is 4.61. The van der Waals surface area contributed by atoms with Gasteiger partial charge in [0.25, 0.3) is 0 Å². The minimum Gasteiger partial charge on any atom is -0.495 e. The molecule has 0 aliphatic rings. The monoisotopic (exact) mass is 509 g/mol. The second-order valence-corrected chi connectivity index (χ2v) is 11.2. The summed E-state index contributed by atoms with van der Waals surface area (Å²) in [6.45, 7) is 9.61. The summed E-state index contributed by atoms with van der Waals surface area (Å²) in [7, 11) is -2.07. The van der Waals surface area contributed by atoms with Crippen molar-refractivity contribution in [3.63, 3.8) is 0 Å².